The number of methoxy groups -OCH3 is 1. The molecule has 3 atom stereocenters. The van der Waals surface area contributed by atoms with E-state index in [1.807, 2.05) is 0 Å². The van der Waals surface area contributed by atoms with Crippen LogP contribution in [0.25, 0.3) is 0 Å². The predicted molar refractivity (Wildman–Crippen MR) is 102 cm³/mol. The van der Waals surface area contributed by atoms with Gasteiger partial charge in [-0.15, -0.1) is 0 Å². The molecule has 0 bridgehead atoms. The molecule has 0 saturated carbocycles. The number of nitrogens with two attached hydrogens (primary N) is 1. The number of carbonyl (C=O) groups is 5. The van der Waals surface area contributed by atoms with Gasteiger partial charge in [-0.2, -0.15) is 0 Å². The van der Waals surface area contributed by atoms with Gasteiger partial charge in [0.2, 0.25) is 23.6 Å². The molecule has 0 unspecified atom stereocenters. The Morgan fingerprint density at radius 1 is 0.967 bits per heavy atom. The second kappa shape index (κ2) is 15.1. The van der Waals surface area contributed by atoms with Crippen LogP contribution in [0, 0.1) is 0 Å². The van der Waals surface area contributed by atoms with Crippen LogP contribution in [0.3, 0.4) is 0 Å². The summed E-state index contributed by atoms with van der Waals surface area (Å²) >= 11 is 0. The van der Waals surface area contributed by atoms with Crippen LogP contribution < -0.4 is 21.7 Å². The second-order valence-electron chi connectivity index (χ2n) is 6.16. The van der Waals surface area contributed by atoms with Gasteiger partial charge in [-0.05, 0) is 13.8 Å². The molecule has 4 amide bonds. The van der Waals surface area contributed by atoms with Crippen LogP contribution in [-0.2, 0) is 38.2 Å². The normalized spacial score (nSPS) is 14.0. The quantitative estimate of drug-likeness (QED) is 0.158. The van der Waals surface area contributed by atoms with Gasteiger partial charge >= 0.3 is 5.97 Å². The highest BCUT2D eigenvalue weighted by atomic mass is 16.5. The number of amides is 4. The molecule has 0 aliphatic carbocycles. The molecule has 0 aliphatic rings. The molecule has 0 aromatic heterocycles. The molecule has 6 N–H and O–H groups in total. The van der Waals surface area contributed by atoms with Gasteiger partial charge in [0, 0.05) is 7.11 Å². The zero-order valence-corrected chi connectivity index (χ0v) is 17.2. The summed E-state index contributed by atoms with van der Waals surface area (Å²) in [6, 6.07) is -4.01. The summed E-state index contributed by atoms with van der Waals surface area (Å²) in [7, 11) is 1.53. The fraction of sp³-hybridized carbons (Fsp3) is 0.706. The fourth-order valence-corrected chi connectivity index (χ4v) is 1.93. The Bertz CT molecular complexity index is 635. The van der Waals surface area contributed by atoms with Gasteiger partial charge in [0.1, 0.15) is 24.7 Å². The molecule has 0 aromatic carbocycles. The molecular weight excluding hydrogens is 404 g/mol. The molecule has 0 spiro atoms. The largest absolute Gasteiger partial charge is 0.480 e. The smallest absolute Gasteiger partial charge is 0.326 e. The van der Waals surface area contributed by atoms with E-state index in [1.54, 1.807) is 0 Å². The van der Waals surface area contributed by atoms with Crippen molar-refractivity contribution in [1.29, 1.82) is 0 Å². The van der Waals surface area contributed by atoms with Crippen molar-refractivity contribution in [2.45, 2.75) is 38.4 Å². The lowest BCUT2D eigenvalue weighted by atomic mass is 10.1. The Labute approximate surface area is 175 Å². The number of nitrogens with one attached hydrogen (secondary N) is 3. The monoisotopic (exact) mass is 435 g/mol. The minimum atomic E-state index is -1.55. The van der Waals surface area contributed by atoms with Crippen LogP contribution in [0.4, 0.5) is 0 Å². The fourth-order valence-electron chi connectivity index (χ4n) is 1.93. The first-order valence-electron chi connectivity index (χ1n) is 9.53. The zero-order valence-electron chi connectivity index (χ0n) is 18.2. The third kappa shape index (κ3) is 12.6. The van der Waals surface area contributed by atoms with Crippen LogP contribution in [0.5, 0.6) is 0 Å². The van der Waals surface area contributed by atoms with Crippen molar-refractivity contribution < 1.29 is 44.7 Å². The third-order valence-electron chi connectivity index (χ3n) is 3.52. The molecular formula is C17H30N4O9. The zero-order chi connectivity index (χ0) is 24.0. The van der Waals surface area contributed by atoms with Gasteiger partial charge in [0.25, 0.3) is 0 Å². The lowest BCUT2D eigenvalue weighted by molar-refractivity contribution is -0.143. The summed E-state index contributed by atoms with van der Waals surface area (Å²) < 4.78 is 22.8. The lowest BCUT2D eigenvalue weighted by Gasteiger charge is -2.20. The van der Waals surface area contributed by atoms with Crippen LogP contribution in [0.1, 0.15) is 20.3 Å². The molecule has 0 aromatic rings. The number of rotatable bonds is 16. The molecule has 0 radical (unpaired) electrons. The summed E-state index contributed by atoms with van der Waals surface area (Å²) in [5.41, 5.74) is 4.93. The summed E-state index contributed by atoms with van der Waals surface area (Å²) in [6.07, 6.45) is -0.620. The molecule has 30 heavy (non-hydrogen) atoms. The Balaban J connectivity index is 4.48. The minimum absolute atomic E-state index is 0.108. The molecule has 0 heterocycles. The highest BCUT2D eigenvalue weighted by Crippen LogP contribution is 1.95. The van der Waals surface area contributed by atoms with Crippen LogP contribution in [0.15, 0.2) is 0 Å². The summed E-state index contributed by atoms with van der Waals surface area (Å²) in [4.78, 5) is 58.2. The van der Waals surface area contributed by atoms with Gasteiger partial charge in [-0.3, -0.25) is 19.2 Å². The average Bonchev–Trinajstić information content (AvgIpc) is 2.70. The number of hydrogen-bond donors (Lipinski definition) is 5. The van der Waals surface area contributed by atoms with E-state index in [0.717, 1.165) is 0 Å². The number of aliphatic carboxylic acids is 1. The number of ether oxygens (including phenoxy) is 3. The first-order chi connectivity index (χ1) is 14.5. The maximum atomic E-state index is 12.2. The Hall–Kier alpha value is -2.77. The molecule has 172 valence electrons. The van der Waals surface area contributed by atoms with Gasteiger partial charge in [0.15, 0.2) is 1.41 Å². The Morgan fingerprint density at radius 3 is 2.10 bits per heavy atom. The van der Waals surface area contributed by atoms with Crippen molar-refractivity contribution in [3.63, 3.8) is 0 Å². The van der Waals surface area contributed by atoms with E-state index in [4.69, 9.17) is 26.5 Å². The molecule has 0 fully saturated rings. The van der Waals surface area contributed by atoms with Gasteiger partial charge < -0.3 is 41.0 Å². The third-order valence-corrected chi connectivity index (χ3v) is 3.52. The molecule has 0 aliphatic heterocycles. The molecule has 0 saturated heterocycles. The first kappa shape index (κ1) is 25.3. The standard InChI is InChI=1S/C17H30N4O9/c1-10(19-14(23)9-30-7-6-29-5-4-28-3)15(24)20-11(2)16(25)21-12(17(26)27)8-13(18)22/h10-12H,4-9H2,1-3H3,(H2,18,22)(H,19,23)(H,20,24)(H,21,25)(H,26,27)/t10-,11-,12-/m0/s1/i/hD. The Morgan fingerprint density at radius 2 is 1.53 bits per heavy atom. The van der Waals surface area contributed by atoms with Crippen molar-refractivity contribution in [2.75, 3.05) is 40.1 Å². The van der Waals surface area contributed by atoms with E-state index in [1.165, 1.54) is 21.0 Å². The van der Waals surface area contributed by atoms with E-state index >= 15 is 0 Å². The van der Waals surface area contributed by atoms with Crippen LogP contribution in [-0.4, -0.2) is 93.0 Å². The van der Waals surface area contributed by atoms with Gasteiger partial charge in [-0.25, -0.2) is 4.79 Å². The summed E-state index contributed by atoms with van der Waals surface area (Å²) in [6.45, 7) is 3.22. The molecule has 13 heteroatoms. The van der Waals surface area contributed by atoms with Crippen molar-refractivity contribution in [2.24, 2.45) is 5.73 Å². The number of carbonyl (C=O) groups excluding carboxylic acids is 4. The van der Waals surface area contributed by atoms with Crippen molar-refractivity contribution >= 4 is 29.6 Å². The highest BCUT2D eigenvalue weighted by Gasteiger charge is 2.26. The highest BCUT2D eigenvalue weighted by molar-refractivity contribution is 5.94. The van der Waals surface area contributed by atoms with Gasteiger partial charge in [-0.1, -0.05) is 0 Å². The van der Waals surface area contributed by atoms with E-state index in [9.17, 15) is 24.0 Å². The number of primary amides is 1. The first-order valence-corrected chi connectivity index (χ1v) is 9.08. The number of carboxylic acid groups (broad SMARTS) is 1. The SMILES string of the molecule is [2H]N(C(=O)COCCOCCOC)[C@@H](C)C(=O)N[C@@H](C)C(=O)N[C@@H](CC(N)=O)C(=O)O. The van der Waals surface area contributed by atoms with Crippen molar-refractivity contribution in [3.8, 4) is 0 Å². The topological polar surface area (TPSA) is 195 Å². The van der Waals surface area contributed by atoms with Crippen LogP contribution in [0.2, 0.25) is 1.41 Å². The minimum Gasteiger partial charge on any atom is -0.480 e. The van der Waals surface area contributed by atoms with Crippen molar-refractivity contribution in [3.05, 3.63) is 0 Å². The van der Waals surface area contributed by atoms with Crippen LogP contribution >= 0.6 is 0 Å². The summed E-state index contributed by atoms with van der Waals surface area (Å²) in [5, 5.41) is 13.7. The Kier molecular flexibility index (Phi) is 12.7. The maximum Gasteiger partial charge on any atom is 0.326 e. The van der Waals surface area contributed by atoms with E-state index in [-0.39, 0.29) is 13.2 Å². The predicted octanol–water partition coefficient (Wildman–Crippen LogP) is -2.88. The number of hydrogen-bond acceptors (Lipinski definition) is 8. The number of carboxylic acids is 1. The van der Waals surface area contributed by atoms with E-state index in [2.05, 4.69) is 10.6 Å². The second-order valence-corrected chi connectivity index (χ2v) is 6.16. The molecule has 13 nitrogen and oxygen atoms in total. The summed E-state index contributed by atoms with van der Waals surface area (Å²) in [5.74, 6) is -4.88. The van der Waals surface area contributed by atoms with Gasteiger partial charge in [0.05, 0.1) is 32.8 Å². The van der Waals surface area contributed by atoms with Crippen molar-refractivity contribution in [1.82, 2.24) is 15.9 Å². The van der Waals surface area contributed by atoms with E-state index in [0.29, 0.717) is 18.5 Å². The lowest BCUT2D eigenvalue weighted by Crippen LogP contribution is -2.54. The van der Waals surface area contributed by atoms with E-state index < -0.39 is 60.8 Å². The average molecular weight is 435 g/mol. The molecule has 0 rings (SSSR count). The maximum absolute atomic E-state index is 12.2.